The number of carbonyl (C=O) groups is 3. The number of nitrogens with one attached hydrogen (secondary N) is 2. The van der Waals surface area contributed by atoms with Crippen molar-refractivity contribution in [2.45, 2.75) is 38.1 Å². The molecular weight excluding hydrogens is 644 g/mol. The number of carbonyl (C=O) groups excluding carboxylic acids is 2. The van der Waals surface area contributed by atoms with Gasteiger partial charge in [0.05, 0.1) is 23.1 Å². The molecule has 1 aliphatic rings. The zero-order valence-corrected chi connectivity index (χ0v) is 25.9. The summed E-state index contributed by atoms with van der Waals surface area (Å²) < 4.78 is 32.0. The molecule has 0 bridgehead atoms. The molecular formula is C27H28N8O9S2. The van der Waals surface area contributed by atoms with E-state index in [1.807, 2.05) is 18.2 Å². The normalized spacial score (nSPS) is 16.7. The number of aromatic amines is 1. The zero-order chi connectivity index (χ0) is 33.2. The fourth-order valence-electron chi connectivity index (χ4n) is 4.52. The molecule has 2 aromatic carbocycles. The summed E-state index contributed by atoms with van der Waals surface area (Å²) in [4.78, 5) is 54.4. The van der Waals surface area contributed by atoms with Crippen molar-refractivity contribution in [3.05, 3.63) is 59.4 Å². The van der Waals surface area contributed by atoms with Gasteiger partial charge in [-0.15, -0.1) is 15.6 Å². The molecule has 0 spiro atoms. The van der Waals surface area contributed by atoms with Gasteiger partial charge in [0.25, 0.3) is 28.9 Å². The number of carboxylic acids is 1. The molecule has 46 heavy (non-hydrogen) atoms. The van der Waals surface area contributed by atoms with E-state index >= 15 is 0 Å². The summed E-state index contributed by atoms with van der Waals surface area (Å²) in [7, 11) is -3.37. The van der Waals surface area contributed by atoms with Crippen molar-refractivity contribution >= 4 is 62.0 Å². The number of rotatable bonds is 13. The van der Waals surface area contributed by atoms with Crippen LogP contribution in [-0.4, -0.2) is 81.3 Å². The predicted octanol–water partition coefficient (Wildman–Crippen LogP) is 0.544. The van der Waals surface area contributed by atoms with E-state index in [0.29, 0.717) is 23.2 Å². The lowest BCUT2D eigenvalue weighted by Gasteiger charge is -2.50. The van der Waals surface area contributed by atoms with E-state index in [1.165, 1.54) is 19.2 Å². The van der Waals surface area contributed by atoms with Crippen LogP contribution in [0.15, 0.2) is 53.0 Å². The van der Waals surface area contributed by atoms with Crippen LogP contribution in [0.25, 0.3) is 22.2 Å². The molecule has 242 valence electrons. The highest BCUT2D eigenvalue weighted by molar-refractivity contribution is 7.67. The Morgan fingerprint density at radius 2 is 1.91 bits per heavy atom. The van der Waals surface area contributed by atoms with Crippen LogP contribution in [0, 0.1) is 0 Å². The van der Waals surface area contributed by atoms with E-state index in [4.69, 9.17) is 21.0 Å². The smallest absolute Gasteiger partial charge is 0.351 e. The zero-order valence-electron chi connectivity index (χ0n) is 24.2. The minimum atomic E-state index is -3.37. The summed E-state index contributed by atoms with van der Waals surface area (Å²) in [6, 6.07) is 11.4. The molecule has 19 heteroatoms. The number of aromatic nitrogens is 3. The van der Waals surface area contributed by atoms with E-state index in [0.717, 1.165) is 33.5 Å². The van der Waals surface area contributed by atoms with Gasteiger partial charge in [0.2, 0.25) is 0 Å². The van der Waals surface area contributed by atoms with E-state index in [9.17, 15) is 27.9 Å². The number of nitrogen functional groups attached to an aromatic ring is 1. The minimum absolute atomic E-state index is 0.0479. The van der Waals surface area contributed by atoms with Crippen molar-refractivity contribution < 1.29 is 41.8 Å². The number of carboxylic acid groups (broad SMARTS) is 1. The number of anilines is 1. The van der Waals surface area contributed by atoms with Gasteiger partial charge in [-0.3, -0.25) is 9.59 Å². The fourth-order valence-corrected chi connectivity index (χ4v) is 5.49. The number of H-pyrrole nitrogens is 1. The van der Waals surface area contributed by atoms with Crippen LogP contribution in [0.4, 0.5) is 5.13 Å². The topological polar surface area (TPSA) is 255 Å². The van der Waals surface area contributed by atoms with E-state index in [2.05, 4.69) is 29.7 Å². The Kier molecular flexibility index (Phi) is 9.19. The van der Waals surface area contributed by atoms with Gasteiger partial charge >= 0.3 is 5.97 Å². The molecule has 5 rings (SSSR count). The van der Waals surface area contributed by atoms with Crippen LogP contribution in [0.5, 0.6) is 5.75 Å². The van der Waals surface area contributed by atoms with Gasteiger partial charge in [-0.1, -0.05) is 23.4 Å². The second kappa shape index (κ2) is 13.1. The molecule has 0 radical (unpaired) electrons. The molecule has 0 aliphatic carbocycles. The number of nitrogens with two attached hydrogens (primary N) is 2. The van der Waals surface area contributed by atoms with Gasteiger partial charge in [-0.2, -0.15) is 5.06 Å². The predicted molar refractivity (Wildman–Crippen MR) is 165 cm³/mol. The van der Waals surface area contributed by atoms with Crippen molar-refractivity contribution in [2.24, 2.45) is 10.9 Å². The molecule has 3 heterocycles. The van der Waals surface area contributed by atoms with E-state index in [-0.39, 0.29) is 10.8 Å². The van der Waals surface area contributed by atoms with Crippen LogP contribution < -0.4 is 21.5 Å². The number of fused-ring (bicyclic) bond motifs is 1. The van der Waals surface area contributed by atoms with Crippen LogP contribution >= 0.6 is 11.3 Å². The third kappa shape index (κ3) is 6.76. The SMILES string of the molecule is CC1(C)[C@H](NC(=O)/C(=N\O[C@@H](COc2ccc(-c3ccc4[nH]c(CN)nc4c3)cc2)C(=O)O)c2csc(N)n2)C(=O)N1O[SH](=O)=O. The Morgan fingerprint density at radius 1 is 1.20 bits per heavy atom. The van der Waals surface area contributed by atoms with Crippen molar-refractivity contribution in [3.63, 3.8) is 0 Å². The quantitative estimate of drug-likeness (QED) is 0.0491. The number of nitrogens with zero attached hydrogens (tertiary/aromatic N) is 4. The number of oxime groups is 1. The van der Waals surface area contributed by atoms with Gasteiger partial charge in [0, 0.05) is 5.38 Å². The largest absolute Gasteiger partial charge is 0.489 e. The Hall–Kier alpha value is -5.11. The number of hydroxylamine groups is 2. The molecule has 1 saturated heterocycles. The standard InChI is InChI=1S/C27H28N8O9S2/c1-27(2)22(24(37)35(27)44-46(40)41)33-23(36)21(18-12-45-26(29)32-18)34-43-19(25(38)39)11-42-15-6-3-13(4-7-15)14-5-8-16-17(9-14)31-20(10-28)30-16/h3-9,12,19,22,46H,10-11,28H2,1-2H3,(H2,29,32)(H,30,31)(H,33,36)(H,38,39)/b34-21-/t19-,22+/m0/s1. The van der Waals surface area contributed by atoms with Crippen LogP contribution in [0.2, 0.25) is 0 Å². The van der Waals surface area contributed by atoms with Crippen LogP contribution in [-0.2, 0) is 41.0 Å². The van der Waals surface area contributed by atoms with Crippen molar-refractivity contribution in [3.8, 4) is 16.9 Å². The molecule has 0 unspecified atom stereocenters. The number of thiol groups is 1. The first-order valence-electron chi connectivity index (χ1n) is 13.4. The molecule has 2 amide bonds. The second-order valence-corrected chi connectivity index (χ2v) is 11.9. The third-order valence-electron chi connectivity index (χ3n) is 6.94. The summed E-state index contributed by atoms with van der Waals surface area (Å²) in [5.74, 6) is -2.21. The first-order chi connectivity index (χ1) is 21.9. The summed E-state index contributed by atoms with van der Waals surface area (Å²) in [5, 5.41) is 18.0. The maximum Gasteiger partial charge on any atom is 0.351 e. The average Bonchev–Trinajstić information content (AvgIpc) is 3.65. The van der Waals surface area contributed by atoms with Gasteiger partial charge in [0.15, 0.2) is 10.8 Å². The minimum Gasteiger partial charge on any atom is -0.489 e. The highest BCUT2D eigenvalue weighted by atomic mass is 32.2. The third-order valence-corrected chi connectivity index (χ3v) is 7.91. The molecule has 4 aromatic rings. The van der Waals surface area contributed by atoms with Gasteiger partial charge < -0.3 is 36.4 Å². The number of thiazole rings is 1. The molecule has 2 atom stereocenters. The van der Waals surface area contributed by atoms with Crippen LogP contribution in [0.1, 0.15) is 25.4 Å². The van der Waals surface area contributed by atoms with Gasteiger partial charge in [-0.25, -0.2) is 23.2 Å². The number of ether oxygens (including phenoxy) is 1. The molecule has 0 saturated carbocycles. The second-order valence-electron chi connectivity index (χ2n) is 10.4. The van der Waals surface area contributed by atoms with E-state index in [1.54, 1.807) is 24.3 Å². The number of hydrogen-bond acceptors (Lipinski definition) is 14. The lowest BCUT2D eigenvalue weighted by atomic mass is 9.84. The number of amides is 2. The summed E-state index contributed by atoms with van der Waals surface area (Å²) in [5.41, 5.74) is 13.0. The number of hydrogen-bond donors (Lipinski definition) is 6. The molecule has 1 aliphatic heterocycles. The lowest BCUT2D eigenvalue weighted by Crippen LogP contribution is -2.76. The Bertz CT molecular complexity index is 1890. The maximum atomic E-state index is 13.2. The highest BCUT2D eigenvalue weighted by Crippen LogP contribution is 2.32. The highest BCUT2D eigenvalue weighted by Gasteiger charge is 2.57. The summed E-state index contributed by atoms with van der Waals surface area (Å²) >= 11 is 0.983. The fraction of sp³-hybridized carbons (Fsp3) is 0.259. The lowest BCUT2D eigenvalue weighted by molar-refractivity contribution is -0.214. The summed E-state index contributed by atoms with van der Waals surface area (Å²) in [6.45, 7) is 2.74. The Balaban J connectivity index is 1.27. The Morgan fingerprint density at radius 3 is 2.52 bits per heavy atom. The first-order valence-corrected chi connectivity index (χ1v) is 15.4. The number of imidazole rings is 1. The first kappa shape index (κ1) is 32.3. The van der Waals surface area contributed by atoms with Crippen molar-refractivity contribution in [2.75, 3.05) is 12.3 Å². The van der Waals surface area contributed by atoms with E-state index < -0.39 is 58.8 Å². The van der Waals surface area contributed by atoms with Gasteiger partial charge in [0.1, 0.15) is 29.9 Å². The number of benzene rings is 2. The van der Waals surface area contributed by atoms with Crippen molar-refractivity contribution in [1.82, 2.24) is 25.3 Å². The molecule has 17 nitrogen and oxygen atoms in total. The summed E-state index contributed by atoms with van der Waals surface area (Å²) in [6.07, 6.45) is -1.66. The molecule has 7 N–H and O–H groups in total. The average molecular weight is 673 g/mol. The number of β-lactam (4-membered cyclic amide) rings is 1. The van der Waals surface area contributed by atoms with Crippen molar-refractivity contribution in [1.29, 1.82) is 0 Å². The molecule has 1 fully saturated rings. The maximum absolute atomic E-state index is 13.2. The molecule has 2 aromatic heterocycles. The monoisotopic (exact) mass is 672 g/mol. The van der Waals surface area contributed by atoms with Crippen LogP contribution in [0.3, 0.4) is 0 Å². The Labute approximate surface area is 266 Å². The number of aliphatic carboxylic acids is 1. The van der Waals surface area contributed by atoms with Gasteiger partial charge in [-0.05, 0) is 49.2 Å².